The molecule has 0 bridgehead atoms. The van der Waals surface area contributed by atoms with Crippen molar-refractivity contribution in [1.82, 2.24) is 15.5 Å². The van der Waals surface area contributed by atoms with Crippen LogP contribution >= 0.6 is 0 Å². The van der Waals surface area contributed by atoms with Crippen LogP contribution in [-0.4, -0.2) is 23.2 Å². The highest BCUT2D eigenvalue weighted by Gasteiger charge is 2.31. The first-order chi connectivity index (χ1) is 5.93. The van der Waals surface area contributed by atoms with Crippen molar-refractivity contribution in [3.63, 3.8) is 0 Å². The van der Waals surface area contributed by atoms with E-state index in [0.717, 1.165) is 24.8 Å². The Kier molecular flexibility index (Phi) is 1.26. The molecule has 4 heteroatoms. The molecule has 2 heterocycles. The van der Waals surface area contributed by atoms with Crippen molar-refractivity contribution in [3.05, 3.63) is 11.7 Å². The van der Waals surface area contributed by atoms with Crippen LogP contribution in [0.15, 0.2) is 4.52 Å². The molecule has 1 saturated heterocycles. The summed E-state index contributed by atoms with van der Waals surface area (Å²) in [6, 6.07) is 0. The van der Waals surface area contributed by atoms with Crippen molar-refractivity contribution in [2.45, 2.75) is 24.7 Å². The molecule has 2 aliphatic rings. The molecule has 1 saturated carbocycles. The van der Waals surface area contributed by atoms with Gasteiger partial charge in [-0.25, -0.2) is 0 Å². The Morgan fingerprint density at radius 1 is 1.25 bits per heavy atom. The van der Waals surface area contributed by atoms with Crippen LogP contribution in [0.2, 0.25) is 0 Å². The van der Waals surface area contributed by atoms with Crippen LogP contribution in [0.25, 0.3) is 0 Å². The zero-order valence-electron chi connectivity index (χ0n) is 6.79. The second kappa shape index (κ2) is 2.29. The van der Waals surface area contributed by atoms with E-state index in [-0.39, 0.29) is 0 Å². The molecular formula is C8H11N3O. The minimum absolute atomic E-state index is 0.477. The topological polar surface area (TPSA) is 51.0 Å². The second-order valence-electron chi connectivity index (χ2n) is 3.62. The average molecular weight is 165 g/mol. The third-order valence-electron chi connectivity index (χ3n) is 2.53. The van der Waals surface area contributed by atoms with Gasteiger partial charge in [-0.15, -0.1) is 0 Å². The molecule has 0 aromatic carbocycles. The molecule has 64 valence electrons. The van der Waals surface area contributed by atoms with Gasteiger partial charge in [0.05, 0.1) is 5.92 Å². The molecule has 4 nitrogen and oxygen atoms in total. The first-order valence-electron chi connectivity index (χ1n) is 4.47. The number of rotatable bonds is 2. The van der Waals surface area contributed by atoms with E-state index in [0.29, 0.717) is 11.8 Å². The first kappa shape index (κ1) is 6.60. The van der Waals surface area contributed by atoms with Gasteiger partial charge < -0.3 is 9.84 Å². The maximum atomic E-state index is 5.17. The Bertz CT molecular complexity index is 288. The summed E-state index contributed by atoms with van der Waals surface area (Å²) in [7, 11) is 0. The van der Waals surface area contributed by atoms with Crippen molar-refractivity contribution in [3.8, 4) is 0 Å². The van der Waals surface area contributed by atoms with Crippen LogP contribution in [-0.2, 0) is 0 Å². The fraction of sp³-hybridized carbons (Fsp3) is 0.750. The molecule has 12 heavy (non-hydrogen) atoms. The van der Waals surface area contributed by atoms with Gasteiger partial charge in [-0.2, -0.15) is 4.98 Å². The third kappa shape index (κ3) is 0.948. The van der Waals surface area contributed by atoms with E-state index in [1.54, 1.807) is 0 Å². The molecule has 2 fully saturated rings. The maximum Gasteiger partial charge on any atom is 0.232 e. The zero-order valence-corrected chi connectivity index (χ0v) is 6.79. The highest BCUT2D eigenvalue weighted by molar-refractivity contribution is 5.07. The summed E-state index contributed by atoms with van der Waals surface area (Å²) in [5, 5.41) is 7.15. The molecule has 0 unspecified atom stereocenters. The monoisotopic (exact) mass is 165 g/mol. The van der Waals surface area contributed by atoms with Crippen molar-refractivity contribution < 1.29 is 4.52 Å². The number of aromatic nitrogens is 2. The summed E-state index contributed by atoms with van der Waals surface area (Å²) >= 11 is 0. The molecule has 1 aliphatic heterocycles. The van der Waals surface area contributed by atoms with E-state index in [9.17, 15) is 0 Å². The molecule has 1 aromatic heterocycles. The van der Waals surface area contributed by atoms with E-state index in [2.05, 4.69) is 15.5 Å². The fourth-order valence-corrected chi connectivity index (χ4v) is 1.38. The Hall–Kier alpha value is -0.900. The van der Waals surface area contributed by atoms with E-state index >= 15 is 0 Å². The SMILES string of the molecule is C1CC1c1noc(C2CNC2)n1. The molecule has 1 aromatic rings. The van der Waals surface area contributed by atoms with E-state index in [1.807, 2.05) is 0 Å². The van der Waals surface area contributed by atoms with Gasteiger partial charge in [-0.3, -0.25) is 0 Å². The van der Waals surface area contributed by atoms with Crippen LogP contribution in [0, 0.1) is 0 Å². The fourth-order valence-electron chi connectivity index (χ4n) is 1.38. The van der Waals surface area contributed by atoms with Crippen molar-refractivity contribution in [2.75, 3.05) is 13.1 Å². The number of nitrogens with zero attached hydrogens (tertiary/aromatic N) is 2. The van der Waals surface area contributed by atoms with Gasteiger partial charge in [-0.05, 0) is 12.8 Å². The Morgan fingerprint density at radius 3 is 2.67 bits per heavy atom. The van der Waals surface area contributed by atoms with Gasteiger partial charge in [0.1, 0.15) is 0 Å². The Morgan fingerprint density at radius 2 is 2.08 bits per heavy atom. The standard InChI is InChI=1S/C8H11N3O/c1-2-5(1)7-10-8(12-11-7)6-3-9-4-6/h5-6,9H,1-4H2. The lowest BCUT2D eigenvalue weighted by Crippen LogP contribution is -2.40. The van der Waals surface area contributed by atoms with Gasteiger partial charge in [0.15, 0.2) is 5.82 Å². The molecule has 0 spiro atoms. The summed E-state index contributed by atoms with van der Waals surface area (Å²) in [5.74, 6) is 2.84. The molecule has 3 rings (SSSR count). The van der Waals surface area contributed by atoms with Crippen LogP contribution in [0.3, 0.4) is 0 Å². The number of nitrogens with one attached hydrogen (secondary N) is 1. The lowest BCUT2D eigenvalue weighted by atomic mass is 10.0. The highest BCUT2D eigenvalue weighted by atomic mass is 16.5. The predicted octanol–water partition coefficient (Wildman–Crippen LogP) is 0.634. The lowest BCUT2D eigenvalue weighted by molar-refractivity contribution is 0.306. The van der Waals surface area contributed by atoms with Crippen LogP contribution in [0.5, 0.6) is 0 Å². The van der Waals surface area contributed by atoms with Crippen LogP contribution in [0.4, 0.5) is 0 Å². The first-order valence-corrected chi connectivity index (χ1v) is 4.47. The Labute approximate surface area is 70.3 Å². The van der Waals surface area contributed by atoms with E-state index in [1.165, 1.54) is 12.8 Å². The number of hydrogen-bond donors (Lipinski definition) is 1. The lowest BCUT2D eigenvalue weighted by Gasteiger charge is -2.22. The smallest absolute Gasteiger partial charge is 0.232 e. The zero-order chi connectivity index (χ0) is 7.97. The van der Waals surface area contributed by atoms with Gasteiger partial charge in [0.2, 0.25) is 5.89 Å². The molecule has 1 N–H and O–H groups in total. The largest absolute Gasteiger partial charge is 0.339 e. The van der Waals surface area contributed by atoms with Crippen LogP contribution in [0.1, 0.15) is 36.4 Å². The van der Waals surface area contributed by atoms with E-state index in [4.69, 9.17) is 4.52 Å². The predicted molar refractivity (Wildman–Crippen MR) is 41.9 cm³/mol. The van der Waals surface area contributed by atoms with Crippen molar-refractivity contribution >= 4 is 0 Å². The third-order valence-corrected chi connectivity index (χ3v) is 2.53. The molecule has 0 radical (unpaired) electrons. The number of hydrogen-bond acceptors (Lipinski definition) is 4. The summed E-state index contributed by atoms with van der Waals surface area (Å²) in [6.45, 7) is 1.98. The van der Waals surface area contributed by atoms with Gasteiger partial charge in [0, 0.05) is 19.0 Å². The minimum atomic E-state index is 0.477. The summed E-state index contributed by atoms with van der Waals surface area (Å²) in [6.07, 6.45) is 2.48. The van der Waals surface area contributed by atoms with Crippen molar-refractivity contribution in [2.24, 2.45) is 0 Å². The minimum Gasteiger partial charge on any atom is -0.339 e. The highest BCUT2D eigenvalue weighted by Crippen LogP contribution is 2.38. The molecule has 0 atom stereocenters. The summed E-state index contributed by atoms with van der Waals surface area (Å²) < 4.78 is 5.17. The van der Waals surface area contributed by atoms with Crippen LogP contribution < -0.4 is 5.32 Å². The molecular weight excluding hydrogens is 154 g/mol. The van der Waals surface area contributed by atoms with Gasteiger partial charge in [-0.1, -0.05) is 5.16 Å². The normalized spacial score (nSPS) is 24.0. The second-order valence-corrected chi connectivity index (χ2v) is 3.62. The van der Waals surface area contributed by atoms with E-state index < -0.39 is 0 Å². The Balaban J connectivity index is 1.81. The quantitative estimate of drug-likeness (QED) is 0.698. The van der Waals surface area contributed by atoms with Crippen molar-refractivity contribution in [1.29, 1.82) is 0 Å². The molecule has 0 amide bonds. The molecule has 1 aliphatic carbocycles. The summed E-state index contributed by atoms with van der Waals surface area (Å²) in [4.78, 5) is 4.38. The average Bonchev–Trinajstić information content (AvgIpc) is 2.70. The van der Waals surface area contributed by atoms with Gasteiger partial charge >= 0.3 is 0 Å². The summed E-state index contributed by atoms with van der Waals surface area (Å²) in [5.41, 5.74) is 0. The maximum absolute atomic E-state index is 5.17. The van der Waals surface area contributed by atoms with Gasteiger partial charge in [0.25, 0.3) is 0 Å².